The summed E-state index contributed by atoms with van der Waals surface area (Å²) in [6.45, 7) is 1.92. The Morgan fingerprint density at radius 3 is 2.88 bits per heavy atom. The van der Waals surface area contributed by atoms with Crippen LogP contribution < -0.4 is 15.0 Å². The molecule has 1 aromatic carbocycles. The van der Waals surface area contributed by atoms with E-state index < -0.39 is 0 Å². The van der Waals surface area contributed by atoms with Crippen LogP contribution >= 0.6 is 11.8 Å². The van der Waals surface area contributed by atoms with Gasteiger partial charge >= 0.3 is 0 Å². The van der Waals surface area contributed by atoms with Crippen molar-refractivity contribution in [3.05, 3.63) is 30.5 Å². The molecule has 1 fully saturated rings. The van der Waals surface area contributed by atoms with Gasteiger partial charge in [-0.3, -0.25) is 5.10 Å². The molecule has 124 valence electrons. The number of methoxy groups -OCH3 is 1. The van der Waals surface area contributed by atoms with Gasteiger partial charge in [-0.1, -0.05) is 12.1 Å². The van der Waals surface area contributed by atoms with E-state index in [0.29, 0.717) is 11.6 Å². The van der Waals surface area contributed by atoms with E-state index >= 15 is 0 Å². The summed E-state index contributed by atoms with van der Waals surface area (Å²) in [5, 5.41) is 11.6. The van der Waals surface area contributed by atoms with Gasteiger partial charge in [0.15, 0.2) is 17.4 Å². The molecule has 0 spiro atoms. The molecule has 0 bridgehead atoms. The number of para-hydroxylation sites is 1. The molecule has 1 aliphatic heterocycles. The number of aromatic amines is 1. The highest BCUT2D eigenvalue weighted by Crippen LogP contribution is 2.29. The lowest BCUT2D eigenvalue weighted by Gasteiger charge is -2.26. The standard InChI is InChI=1S/C16H18N6OS/c1-23-13-10-17-16(22-6-8-24-9-7-22)19-15(13)18-14-11-4-2-3-5-12(11)20-21-14/h2-5,10H,6-9H2,1H3,(H2,17,18,19,20,21). The zero-order valence-corrected chi connectivity index (χ0v) is 14.1. The molecule has 0 amide bonds. The molecule has 7 nitrogen and oxygen atoms in total. The molecular weight excluding hydrogens is 324 g/mol. The molecule has 0 unspecified atom stereocenters. The molecule has 0 atom stereocenters. The second-order valence-electron chi connectivity index (χ2n) is 5.43. The maximum absolute atomic E-state index is 5.40. The summed E-state index contributed by atoms with van der Waals surface area (Å²) in [6.07, 6.45) is 1.71. The number of rotatable bonds is 4. The zero-order chi connectivity index (χ0) is 16.4. The summed E-state index contributed by atoms with van der Waals surface area (Å²) in [5.74, 6) is 4.86. The fourth-order valence-corrected chi connectivity index (χ4v) is 3.59. The summed E-state index contributed by atoms with van der Waals surface area (Å²) < 4.78 is 5.40. The van der Waals surface area contributed by atoms with Crippen LogP contribution in [0.25, 0.3) is 10.9 Å². The Balaban J connectivity index is 1.67. The number of anilines is 3. The maximum Gasteiger partial charge on any atom is 0.227 e. The third-order valence-corrected chi connectivity index (χ3v) is 4.91. The first-order valence-electron chi connectivity index (χ1n) is 7.79. The van der Waals surface area contributed by atoms with Crippen LogP contribution in [0.3, 0.4) is 0 Å². The first-order valence-corrected chi connectivity index (χ1v) is 8.94. The van der Waals surface area contributed by atoms with Gasteiger partial charge in [0.05, 0.1) is 18.8 Å². The topological polar surface area (TPSA) is 79.0 Å². The maximum atomic E-state index is 5.40. The Bertz CT molecular complexity index is 845. The Labute approximate surface area is 143 Å². The van der Waals surface area contributed by atoms with Crippen molar-refractivity contribution in [3.63, 3.8) is 0 Å². The smallest absolute Gasteiger partial charge is 0.227 e. The lowest BCUT2D eigenvalue weighted by atomic mass is 10.2. The van der Waals surface area contributed by atoms with Gasteiger partial charge in [-0.25, -0.2) is 4.98 Å². The van der Waals surface area contributed by atoms with Gasteiger partial charge in [0, 0.05) is 30.0 Å². The highest BCUT2D eigenvalue weighted by atomic mass is 32.2. The van der Waals surface area contributed by atoms with Gasteiger partial charge in [0.1, 0.15) is 0 Å². The lowest BCUT2D eigenvalue weighted by Crippen LogP contribution is -2.33. The van der Waals surface area contributed by atoms with E-state index in [4.69, 9.17) is 4.74 Å². The molecule has 0 saturated carbocycles. The van der Waals surface area contributed by atoms with Gasteiger partial charge < -0.3 is 15.0 Å². The number of hydrogen-bond acceptors (Lipinski definition) is 7. The minimum atomic E-state index is 0.595. The van der Waals surface area contributed by atoms with Gasteiger partial charge in [0.2, 0.25) is 5.95 Å². The molecule has 8 heteroatoms. The van der Waals surface area contributed by atoms with E-state index in [1.54, 1.807) is 13.3 Å². The second-order valence-corrected chi connectivity index (χ2v) is 6.65. The average molecular weight is 342 g/mol. The summed E-state index contributed by atoms with van der Waals surface area (Å²) in [7, 11) is 1.61. The predicted octanol–water partition coefficient (Wildman–Crippen LogP) is 2.66. The molecule has 24 heavy (non-hydrogen) atoms. The van der Waals surface area contributed by atoms with Crippen molar-refractivity contribution in [2.75, 3.05) is 41.9 Å². The summed E-state index contributed by atoms with van der Waals surface area (Å²) in [4.78, 5) is 11.3. The van der Waals surface area contributed by atoms with Crippen LogP contribution in [0, 0.1) is 0 Å². The van der Waals surface area contributed by atoms with Crippen LogP contribution in [-0.2, 0) is 0 Å². The van der Waals surface area contributed by atoms with Crippen LogP contribution in [0.5, 0.6) is 5.75 Å². The summed E-state index contributed by atoms with van der Waals surface area (Å²) >= 11 is 1.96. The van der Waals surface area contributed by atoms with E-state index in [0.717, 1.165) is 47.3 Å². The third-order valence-electron chi connectivity index (χ3n) is 3.96. The monoisotopic (exact) mass is 342 g/mol. The molecular formula is C16H18N6OS. The van der Waals surface area contributed by atoms with Crippen LogP contribution in [-0.4, -0.2) is 51.9 Å². The number of aromatic nitrogens is 4. The first-order chi connectivity index (χ1) is 11.8. The fraction of sp³-hybridized carbons (Fsp3) is 0.312. The van der Waals surface area contributed by atoms with Crippen molar-refractivity contribution in [1.29, 1.82) is 0 Å². The van der Waals surface area contributed by atoms with Gasteiger partial charge in [-0.05, 0) is 12.1 Å². The van der Waals surface area contributed by atoms with Crippen LogP contribution in [0.2, 0.25) is 0 Å². The number of fused-ring (bicyclic) bond motifs is 1. The van der Waals surface area contributed by atoms with Crippen LogP contribution in [0.4, 0.5) is 17.6 Å². The van der Waals surface area contributed by atoms with E-state index in [1.807, 2.05) is 36.0 Å². The van der Waals surface area contributed by atoms with Gasteiger partial charge in [-0.2, -0.15) is 21.8 Å². The molecule has 3 heterocycles. The molecule has 0 aliphatic carbocycles. The number of hydrogen-bond donors (Lipinski definition) is 2. The average Bonchev–Trinajstić information content (AvgIpc) is 3.05. The van der Waals surface area contributed by atoms with Crippen molar-refractivity contribution >= 4 is 40.2 Å². The Hall–Kier alpha value is -2.48. The predicted molar refractivity (Wildman–Crippen MR) is 97.5 cm³/mol. The number of thioether (sulfide) groups is 1. The largest absolute Gasteiger partial charge is 0.491 e. The van der Waals surface area contributed by atoms with Crippen molar-refractivity contribution < 1.29 is 4.74 Å². The normalized spacial score (nSPS) is 14.8. The Morgan fingerprint density at radius 2 is 2.04 bits per heavy atom. The highest BCUT2D eigenvalue weighted by molar-refractivity contribution is 7.99. The summed E-state index contributed by atoms with van der Waals surface area (Å²) in [5.41, 5.74) is 0.973. The Morgan fingerprint density at radius 1 is 1.21 bits per heavy atom. The second kappa shape index (κ2) is 6.56. The highest BCUT2D eigenvalue weighted by Gasteiger charge is 2.17. The number of ether oxygens (including phenoxy) is 1. The zero-order valence-electron chi connectivity index (χ0n) is 13.3. The van der Waals surface area contributed by atoms with Crippen molar-refractivity contribution in [2.24, 2.45) is 0 Å². The van der Waals surface area contributed by atoms with Crippen molar-refractivity contribution in [3.8, 4) is 5.75 Å². The quantitative estimate of drug-likeness (QED) is 0.754. The molecule has 0 radical (unpaired) electrons. The van der Waals surface area contributed by atoms with E-state index in [2.05, 4.69) is 30.4 Å². The van der Waals surface area contributed by atoms with Crippen LogP contribution in [0.1, 0.15) is 0 Å². The number of H-pyrrole nitrogens is 1. The molecule has 1 aliphatic rings. The molecule has 2 aromatic heterocycles. The third kappa shape index (κ3) is 2.84. The van der Waals surface area contributed by atoms with E-state index in [-0.39, 0.29) is 0 Å². The van der Waals surface area contributed by atoms with Gasteiger partial charge in [0.25, 0.3) is 0 Å². The SMILES string of the molecule is COc1cnc(N2CCSCC2)nc1Nc1n[nH]c2ccccc12. The van der Waals surface area contributed by atoms with E-state index in [1.165, 1.54) is 0 Å². The van der Waals surface area contributed by atoms with Gasteiger partial charge in [-0.15, -0.1) is 0 Å². The fourth-order valence-electron chi connectivity index (χ4n) is 2.69. The lowest BCUT2D eigenvalue weighted by molar-refractivity contribution is 0.413. The van der Waals surface area contributed by atoms with Crippen molar-refractivity contribution in [1.82, 2.24) is 20.2 Å². The molecule has 3 aromatic rings. The minimum absolute atomic E-state index is 0.595. The molecule has 2 N–H and O–H groups in total. The first kappa shape index (κ1) is 15.1. The van der Waals surface area contributed by atoms with E-state index in [9.17, 15) is 0 Å². The van der Waals surface area contributed by atoms with Crippen molar-refractivity contribution in [2.45, 2.75) is 0 Å². The molecule has 4 rings (SSSR count). The minimum Gasteiger partial charge on any atom is -0.491 e. The number of nitrogens with zero attached hydrogens (tertiary/aromatic N) is 4. The summed E-state index contributed by atoms with van der Waals surface area (Å²) in [6, 6.07) is 7.96. The number of benzene rings is 1. The van der Waals surface area contributed by atoms with Crippen LogP contribution in [0.15, 0.2) is 30.5 Å². The number of nitrogens with one attached hydrogen (secondary N) is 2. The molecule has 1 saturated heterocycles. The Kier molecular flexibility index (Phi) is 4.12.